The fourth-order valence-corrected chi connectivity index (χ4v) is 3.85. The Morgan fingerprint density at radius 2 is 1.60 bits per heavy atom. The van der Waals surface area contributed by atoms with Gasteiger partial charge in [-0.2, -0.15) is 0 Å². The molecule has 4 rings (SSSR count). The van der Waals surface area contributed by atoms with Gasteiger partial charge in [-0.25, -0.2) is 0 Å². The van der Waals surface area contributed by atoms with Crippen LogP contribution in [0.3, 0.4) is 0 Å². The lowest BCUT2D eigenvalue weighted by Crippen LogP contribution is -2.17. The number of benzene rings is 4. The molecule has 1 atom stereocenters. The Bertz CT molecular complexity index is 1180. The van der Waals surface area contributed by atoms with Crippen molar-refractivity contribution in [1.82, 2.24) is 0 Å². The molecular weight excluding hydrogens is 372 g/mol. The molecule has 0 aliphatic heterocycles. The van der Waals surface area contributed by atoms with Crippen molar-refractivity contribution < 1.29 is 9.84 Å². The number of nitrogens with two attached hydrogens (primary N) is 1. The number of rotatable bonds is 7. The Morgan fingerprint density at radius 1 is 0.933 bits per heavy atom. The lowest BCUT2D eigenvalue weighted by atomic mass is 9.93. The van der Waals surface area contributed by atoms with Crippen LogP contribution in [0, 0.1) is 0 Å². The van der Waals surface area contributed by atoms with Crippen LogP contribution in [-0.4, -0.2) is 24.6 Å². The summed E-state index contributed by atoms with van der Waals surface area (Å²) in [5, 5.41) is 15.4. The highest BCUT2D eigenvalue weighted by molar-refractivity contribution is 6.09. The van der Waals surface area contributed by atoms with Crippen LogP contribution in [0.25, 0.3) is 21.5 Å². The van der Waals surface area contributed by atoms with Gasteiger partial charge in [-0.1, -0.05) is 60.7 Å². The zero-order valence-electron chi connectivity index (χ0n) is 17.1. The predicted molar refractivity (Wildman–Crippen MR) is 124 cm³/mol. The molecule has 0 aliphatic carbocycles. The van der Waals surface area contributed by atoms with E-state index < -0.39 is 6.10 Å². The fraction of sp³-hybridized carbons (Fsp3) is 0.192. The molecule has 0 saturated heterocycles. The molecule has 0 amide bonds. The summed E-state index contributed by atoms with van der Waals surface area (Å²) in [6.45, 7) is 0.587. The van der Waals surface area contributed by atoms with Crippen molar-refractivity contribution in [2.24, 2.45) is 10.7 Å². The van der Waals surface area contributed by atoms with Gasteiger partial charge in [0.2, 0.25) is 0 Å². The van der Waals surface area contributed by atoms with Gasteiger partial charge in [0.05, 0.1) is 19.0 Å². The molecular formula is C26H26N2O2. The second-order valence-corrected chi connectivity index (χ2v) is 7.42. The summed E-state index contributed by atoms with van der Waals surface area (Å²) < 4.78 is 5.18. The van der Waals surface area contributed by atoms with Crippen molar-refractivity contribution in [2.45, 2.75) is 18.9 Å². The number of fused-ring (bicyclic) bond motifs is 3. The number of amidine groups is 1. The minimum atomic E-state index is -0.704. The van der Waals surface area contributed by atoms with Gasteiger partial charge in [-0.05, 0) is 57.3 Å². The average molecular weight is 399 g/mol. The number of aliphatic imine (C=N–C) groups is 1. The Labute approximate surface area is 176 Å². The maximum atomic E-state index is 10.9. The third kappa shape index (κ3) is 4.29. The molecule has 4 aromatic carbocycles. The molecule has 0 bridgehead atoms. The van der Waals surface area contributed by atoms with Crippen molar-refractivity contribution in [3.8, 4) is 5.75 Å². The Hall–Kier alpha value is -3.37. The second kappa shape index (κ2) is 8.97. The van der Waals surface area contributed by atoms with Crippen LogP contribution in [0.4, 0.5) is 0 Å². The minimum Gasteiger partial charge on any atom is -0.497 e. The number of ether oxygens (including phenoxy) is 1. The van der Waals surface area contributed by atoms with E-state index in [0.29, 0.717) is 18.8 Å². The number of nitrogens with zero attached hydrogens (tertiary/aromatic N) is 1. The van der Waals surface area contributed by atoms with Crippen LogP contribution in [0.5, 0.6) is 5.75 Å². The average Bonchev–Trinajstić information content (AvgIpc) is 2.79. The van der Waals surface area contributed by atoms with Gasteiger partial charge in [-0.3, -0.25) is 4.99 Å². The maximum Gasteiger partial charge on any atom is 0.118 e. The largest absolute Gasteiger partial charge is 0.497 e. The summed E-state index contributed by atoms with van der Waals surface area (Å²) in [5.74, 6) is 1.31. The van der Waals surface area contributed by atoms with Gasteiger partial charge < -0.3 is 15.6 Å². The molecule has 4 heteroatoms. The molecule has 4 aromatic rings. The molecule has 1 unspecified atom stereocenters. The van der Waals surface area contributed by atoms with E-state index >= 15 is 0 Å². The summed E-state index contributed by atoms with van der Waals surface area (Å²) in [6, 6.07) is 26.4. The fourth-order valence-electron chi connectivity index (χ4n) is 3.85. The van der Waals surface area contributed by atoms with Gasteiger partial charge in [0.25, 0.3) is 0 Å². The highest BCUT2D eigenvalue weighted by Crippen LogP contribution is 2.33. The molecule has 0 aromatic heterocycles. The normalized spacial score (nSPS) is 12.9. The van der Waals surface area contributed by atoms with Crippen LogP contribution in [0.15, 0.2) is 83.9 Å². The third-order valence-electron chi connectivity index (χ3n) is 5.44. The van der Waals surface area contributed by atoms with Gasteiger partial charge >= 0.3 is 0 Å². The quantitative estimate of drug-likeness (QED) is 0.261. The van der Waals surface area contributed by atoms with Crippen LogP contribution in [-0.2, 0) is 6.42 Å². The van der Waals surface area contributed by atoms with Crippen LogP contribution < -0.4 is 10.5 Å². The van der Waals surface area contributed by atoms with Crippen LogP contribution in [0.1, 0.15) is 23.7 Å². The van der Waals surface area contributed by atoms with Gasteiger partial charge in [0.1, 0.15) is 5.75 Å². The lowest BCUT2D eigenvalue weighted by Gasteiger charge is -2.16. The molecule has 0 aliphatic rings. The standard InChI is InChI=1S/C26H26N2O2/c1-30-20-12-10-18(11-13-20)14-15-28-26(27)17-25(29)24-16-19-6-2-3-7-21(19)22-8-4-5-9-23(22)24/h2-13,16,25,29H,14-15,17H2,1H3,(H2,27,28). The summed E-state index contributed by atoms with van der Waals surface area (Å²) in [4.78, 5) is 4.47. The minimum absolute atomic E-state index is 0.310. The SMILES string of the molecule is COc1ccc(CCN=C(N)CC(O)c2cc3ccccc3c3ccccc23)cc1. The van der Waals surface area contributed by atoms with E-state index in [1.807, 2.05) is 48.5 Å². The van der Waals surface area contributed by atoms with E-state index in [1.54, 1.807) is 7.11 Å². The molecule has 3 N–H and O–H groups in total. The maximum absolute atomic E-state index is 10.9. The van der Waals surface area contributed by atoms with Crippen molar-refractivity contribution in [3.63, 3.8) is 0 Å². The number of aliphatic hydroxyl groups excluding tert-OH is 1. The van der Waals surface area contributed by atoms with Crippen molar-refractivity contribution in [3.05, 3.63) is 90.0 Å². The Kier molecular flexibility index (Phi) is 5.96. The van der Waals surface area contributed by atoms with Gasteiger partial charge in [-0.15, -0.1) is 0 Å². The Morgan fingerprint density at radius 3 is 2.33 bits per heavy atom. The summed E-state index contributed by atoms with van der Waals surface area (Å²) >= 11 is 0. The first-order chi connectivity index (χ1) is 14.7. The van der Waals surface area contributed by atoms with Gasteiger partial charge in [0, 0.05) is 13.0 Å². The first kappa shape index (κ1) is 19.9. The first-order valence-electron chi connectivity index (χ1n) is 10.2. The number of methoxy groups -OCH3 is 1. The molecule has 0 heterocycles. The van der Waals surface area contributed by atoms with Gasteiger partial charge in [0.15, 0.2) is 0 Å². The lowest BCUT2D eigenvalue weighted by molar-refractivity contribution is 0.187. The zero-order valence-corrected chi connectivity index (χ0v) is 17.1. The summed E-state index contributed by atoms with van der Waals surface area (Å²) in [6.07, 6.45) is 0.397. The topological polar surface area (TPSA) is 67.8 Å². The molecule has 0 saturated carbocycles. The van der Waals surface area contributed by atoms with E-state index in [4.69, 9.17) is 10.5 Å². The van der Waals surface area contributed by atoms with E-state index in [-0.39, 0.29) is 0 Å². The molecule has 30 heavy (non-hydrogen) atoms. The second-order valence-electron chi connectivity index (χ2n) is 7.42. The van der Waals surface area contributed by atoms with E-state index in [0.717, 1.165) is 33.9 Å². The van der Waals surface area contributed by atoms with E-state index in [1.165, 1.54) is 10.9 Å². The summed E-state index contributed by atoms with van der Waals surface area (Å²) in [5.41, 5.74) is 8.21. The third-order valence-corrected chi connectivity index (χ3v) is 5.44. The van der Waals surface area contributed by atoms with Crippen molar-refractivity contribution in [1.29, 1.82) is 0 Å². The highest BCUT2D eigenvalue weighted by Gasteiger charge is 2.15. The number of aliphatic hydroxyl groups is 1. The van der Waals surface area contributed by atoms with Crippen LogP contribution >= 0.6 is 0 Å². The van der Waals surface area contributed by atoms with E-state index in [2.05, 4.69) is 35.3 Å². The predicted octanol–water partition coefficient (Wildman–Crippen LogP) is 5.03. The zero-order chi connectivity index (χ0) is 20.9. The van der Waals surface area contributed by atoms with Crippen molar-refractivity contribution >= 4 is 27.4 Å². The molecule has 152 valence electrons. The highest BCUT2D eigenvalue weighted by atomic mass is 16.5. The first-order valence-corrected chi connectivity index (χ1v) is 10.2. The van der Waals surface area contributed by atoms with Crippen molar-refractivity contribution in [2.75, 3.05) is 13.7 Å². The molecule has 4 nitrogen and oxygen atoms in total. The monoisotopic (exact) mass is 398 g/mol. The van der Waals surface area contributed by atoms with E-state index in [9.17, 15) is 5.11 Å². The molecule has 0 fully saturated rings. The smallest absolute Gasteiger partial charge is 0.118 e. The molecule has 0 spiro atoms. The molecule has 0 radical (unpaired) electrons. The number of hydrogen-bond donors (Lipinski definition) is 2. The number of hydrogen-bond acceptors (Lipinski definition) is 3. The summed E-state index contributed by atoms with van der Waals surface area (Å²) in [7, 11) is 1.66. The van der Waals surface area contributed by atoms with Crippen LogP contribution in [0.2, 0.25) is 0 Å². The Balaban J connectivity index is 1.50.